The van der Waals surface area contributed by atoms with Crippen molar-refractivity contribution in [1.29, 1.82) is 0 Å². The van der Waals surface area contributed by atoms with E-state index in [1.54, 1.807) is 0 Å². The highest BCUT2D eigenvalue weighted by Crippen LogP contribution is 2.35. The highest BCUT2D eigenvalue weighted by Gasteiger charge is 2.35. The predicted molar refractivity (Wildman–Crippen MR) is 54.6 cm³/mol. The lowest BCUT2D eigenvalue weighted by molar-refractivity contribution is 0.489. The number of sulfone groups is 1. The number of benzene rings is 1. The molecule has 0 aliphatic carbocycles. The van der Waals surface area contributed by atoms with Crippen LogP contribution in [0.25, 0.3) is 0 Å². The molecule has 2 atom stereocenters. The summed E-state index contributed by atoms with van der Waals surface area (Å²) in [5, 5.41) is -0.667. The molecule has 0 amide bonds. The number of hydrogen-bond donors (Lipinski definition) is 1. The zero-order valence-corrected chi connectivity index (χ0v) is 9.39. The second kappa shape index (κ2) is 3.49. The SMILES string of the molecule is CC1CC(N)c2cc(F)c(F)cc2S1(=O)=O. The summed E-state index contributed by atoms with van der Waals surface area (Å²) in [6.07, 6.45) is 0.223. The molecule has 16 heavy (non-hydrogen) atoms. The molecule has 2 N–H and O–H groups in total. The Morgan fingerprint density at radius 1 is 1.31 bits per heavy atom. The lowest BCUT2D eigenvalue weighted by Crippen LogP contribution is -2.31. The fourth-order valence-corrected chi connectivity index (χ4v) is 3.61. The minimum absolute atomic E-state index is 0.164. The van der Waals surface area contributed by atoms with Crippen molar-refractivity contribution in [3.63, 3.8) is 0 Å². The molecule has 1 heterocycles. The molecule has 0 aromatic heterocycles. The van der Waals surface area contributed by atoms with Gasteiger partial charge in [-0.25, -0.2) is 17.2 Å². The van der Waals surface area contributed by atoms with Crippen LogP contribution in [-0.2, 0) is 9.84 Å². The first-order valence-corrected chi connectivity index (χ1v) is 6.37. The Labute approximate surface area is 92.2 Å². The molecule has 2 unspecified atom stereocenters. The Morgan fingerprint density at radius 3 is 2.50 bits per heavy atom. The number of nitrogens with two attached hydrogens (primary N) is 1. The van der Waals surface area contributed by atoms with Crippen LogP contribution in [0.3, 0.4) is 0 Å². The van der Waals surface area contributed by atoms with E-state index in [2.05, 4.69) is 0 Å². The van der Waals surface area contributed by atoms with Gasteiger partial charge >= 0.3 is 0 Å². The van der Waals surface area contributed by atoms with Gasteiger partial charge in [0, 0.05) is 6.04 Å². The first kappa shape index (κ1) is 11.5. The molecule has 2 rings (SSSR count). The normalized spacial score (nSPS) is 27.5. The van der Waals surface area contributed by atoms with Gasteiger partial charge in [0.1, 0.15) is 0 Å². The van der Waals surface area contributed by atoms with Gasteiger partial charge in [0.05, 0.1) is 10.1 Å². The molecule has 0 saturated heterocycles. The first-order valence-electron chi connectivity index (χ1n) is 4.82. The highest BCUT2D eigenvalue weighted by molar-refractivity contribution is 7.92. The van der Waals surface area contributed by atoms with Gasteiger partial charge in [0.2, 0.25) is 0 Å². The maximum atomic E-state index is 13.0. The number of halogens is 2. The zero-order valence-electron chi connectivity index (χ0n) is 8.57. The Hall–Kier alpha value is -1.01. The van der Waals surface area contributed by atoms with Crippen molar-refractivity contribution in [2.24, 2.45) is 5.73 Å². The molecule has 3 nitrogen and oxygen atoms in total. The summed E-state index contributed by atoms with van der Waals surface area (Å²) in [4.78, 5) is -0.183. The predicted octanol–water partition coefficient (Wildman–Crippen LogP) is 1.53. The van der Waals surface area contributed by atoms with Crippen molar-refractivity contribution in [1.82, 2.24) is 0 Å². The molecule has 0 radical (unpaired) electrons. The number of hydrogen-bond acceptors (Lipinski definition) is 3. The monoisotopic (exact) mass is 247 g/mol. The summed E-state index contributed by atoms with van der Waals surface area (Å²) in [5.41, 5.74) is 5.89. The summed E-state index contributed by atoms with van der Waals surface area (Å²) in [7, 11) is -3.58. The maximum absolute atomic E-state index is 13.0. The molecule has 0 saturated carbocycles. The quantitative estimate of drug-likeness (QED) is 0.707. The van der Waals surface area contributed by atoms with E-state index in [-0.39, 0.29) is 16.9 Å². The molecule has 1 aliphatic rings. The van der Waals surface area contributed by atoms with Crippen molar-refractivity contribution in [3.8, 4) is 0 Å². The van der Waals surface area contributed by atoms with E-state index >= 15 is 0 Å². The Kier molecular flexibility index (Phi) is 2.51. The van der Waals surface area contributed by atoms with Crippen LogP contribution in [0.5, 0.6) is 0 Å². The van der Waals surface area contributed by atoms with Gasteiger partial charge in [0.15, 0.2) is 21.5 Å². The molecule has 0 fully saturated rings. The van der Waals surface area contributed by atoms with Crippen molar-refractivity contribution in [2.75, 3.05) is 0 Å². The van der Waals surface area contributed by atoms with E-state index in [4.69, 9.17) is 5.73 Å². The van der Waals surface area contributed by atoms with E-state index in [1.807, 2.05) is 0 Å². The summed E-state index contributed by atoms with van der Waals surface area (Å²) in [5.74, 6) is -2.23. The van der Waals surface area contributed by atoms with Crippen LogP contribution < -0.4 is 5.73 Å². The second-order valence-electron chi connectivity index (χ2n) is 4.00. The average molecular weight is 247 g/mol. The molecule has 88 valence electrons. The highest BCUT2D eigenvalue weighted by atomic mass is 32.2. The van der Waals surface area contributed by atoms with Crippen molar-refractivity contribution >= 4 is 9.84 Å². The molecule has 1 aromatic rings. The van der Waals surface area contributed by atoms with E-state index in [9.17, 15) is 17.2 Å². The molecule has 0 spiro atoms. The van der Waals surface area contributed by atoms with Crippen molar-refractivity contribution in [2.45, 2.75) is 29.5 Å². The fraction of sp³-hybridized carbons (Fsp3) is 0.400. The van der Waals surface area contributed by atoms with Crippen LogP contribution in [-0.4, -0.2) is 13.7 Å². The zero-order chi connectivity index (χ0) is 12.1. The van der Waals surface area contributed by atoms with Crippen LogP contribution in [0.1, 0.15) is 24.9 Å². The minimum Gasteiger partial charge on any atom is -0.324 e. The van der Waals surface area contributed by atoms with E-state index in [1.165, 1.54) is 6.92 Å². The first-order chi connectivity index (χ1) is 7.34. The molecule has 0 bridgehead atoms. The van der Waals surface area contributed by atoms with Crippen molar-refractivity contribution in [3.05, 3.63) is 29.3 Å². The Balaban J connectivity index is 2.75. The summed E-state index contributed by atoms with van der Waals surface area (Å²) >= 11 is 0. The molecule has 1 aliphatic heterocycles. The molecule has 6 heteroatoms. The third-order valence-electron chi connectivity index (χ3n) is 2.87. The van der Waals surface area contributed by atoms with E-state index in [0.717, 1.165) is 12.1 Å². The summed E-state index contributed by atoms with van der Waals surface area (Å²) in [6, 6.07) is 1.03. The molecular formula is C10H11F2NO2S. The number of rotatable bonds is 0. The minimum atomic E-state index is -3.58. The second-order valence-corrected chi connectivity index (χ2v) is 6.34. The van der Waals surface area contributed by atoms with Crippen LogP contribution in [0, 0.1) is 11.6 Å². The van der Waals surface area contributed by atoms with Gasteiger partial charge < -0.3 is 5.73 Å². The van der Waals surface area contributed by atoms with E-state index in [0.29, 0.717) is 0 Å². The average Bonchev–Trinajstić information content (AvgIpc) is 2.19. The van der Waals surface area contributed by atoms with Gasteiger partial charge in [-0.15, -0.1) is 0 Å². The van der Waals surface area contributed by atoms with E-state index < -0.39 is 32.8 Å². The van der Waals surface area contributed by atoms with Gasteiger partial charge in [-0.2, -0.15) is 0 Å². The van der Waals surface area contributed by atoms with Gasteiger partial charge in [-0.05, 0) is 31.0 Å². The van der Waals surface area contributed by atoms with Crippen molar-refractivity contribution < 1.29 is 17.2 Å². The van der Waals surface area contributed by atoms with Crippen LogP contribution in [0.15, 0.2) is 17.0 Å². The lowest BCUT2D eigenvalue weighted by atomic mass is 10.0. The molecule has 1 aromatic carbocycles. The van der Waals surface area contributed by atoms with Crippen LogP contribution >= 0.6 is 0 Å². The maximum Gasteiger partial charge on any atom is 0.181 e. The van der Waals surface area contributed by atoms with Crippen LogP contribution in [0.2, 0.25) is 0 Å². The Morgan fingerprint density at radius 2 is 1.88 bits per heavy atom. The van der Waals surface area contributed by atoms with Gasteiger partial charge in [-0.1, -0.05) is 0 Å². The third-order valence-corrected chi connectivity index (χ3v) is 5.09. The largest absolute Gasteiger partial charge is 0.324 e. The van der Waals surface area contributed by atoms with Gasteiger partial charge in [-0.3, -0.25) is 0 Å². The fourth-order valence-electron chi connectivity index (χ4n) is 1.91. The topological polar surface area (TPSA) is 60.2 Å². The smallest absolute Gasteiger partial charge is 0.181 e. The molecular weight excluding hydrogens is 236 g/mol. The lowest BCUT2D eigenvalue weighted by Gasteiger charge is -2.27. The summed E-state index contributed by atoms with van der Waals surface area (Å²) < 4.78 is 49.8. The standard InChI is InChI=1S/C10H11F2NO2S/c1-5-2-9(13)6-3-7(11)8(12)4-10(6)16(5,14)15/h3-5,9H,2,13H2,1H3. The Bertz CT molecular complexity index is 542. The van der Waals surface area contributed by atoms with Crippen LogP contribution in [0.4, 0.5) is 8.78 Å². The third kappa shape index (κ3) is 1.53. The summed E-state index contributed by atoms with van der Waals surface area (Å²) in [6.45, 7) is 1.51. The number of fused-ring (bicyclic) bond motifs is 1. The van der Waals surface area contributed by atoms with Gasteiger partial charge in [0.25, 0.3) is 0 Å².